The van der Waals surface area contributed by atoms with Crippen molar-refractivity contribution in [1.29, 1.82) is 0 Å². The first-order valence-electron chi connectivity index (χ1n) is 9.40. The average Bonchev–Trinajstić information content (AvgIpc) is 2.81. The zero-order valence-corrected chi connectivity index (χ0v) is 16.5. The molecule has 26 heavy (non-hydrogen) atoms. The van der Waals surface area contributed by atoms with Crippen LogP contribution in [0.5, 0.6) is 0 Å². The van der Waals surface area contributed by atoms with Crippen LogP contribution < -0.4 is 4.72 Å². The molecule has 1 aliphatic heterocycles. The van der Waals surface area contributed by atoms with E-state index >= 15 is 0 Å². The molecule has 2 aromatic carbocycles. The summed E-state index contributed by atoms with van der Waals surface area (Å²) in [6.07, 6.45) is 5.21. The third-order valence-corrected chi connectivity index (χ3v) is 6.43. The van der Waals surface area contributed by atoms with Gasteiger partial charge in [-0.3, -0.25) is 4.72 Å². The monoisotopic (exact) mass is 372 g/mol. The Kier molecular flexibility index (Phi) is 5.99. The van der Waals surface area contributed by atoms with Gasteiger partial charge in [-0.15, -0.1) is 0 Å². The van der Waals surface area contributed by atoms with E-state index in [1.54, 1.807) is 12.1 Å². The van der Waals surface area contributed by atoms with E-state index in [0.717, 1.165) is 45.2 Å². The van der Waals surface area contributed by atoms with Gasteiger partial charge in [0, 0.05) is 18.8 Å². The Morgan fingerprint density at radius 3 is 2.38 bits per heavy atom. The zero-order valence-electron chi connectivity index (χ0n) is 15.7. The van der Waals surface area contributed by atoms with Crippen molar-refractivity contribution in [2.24, 2.45) is 0 Å². The molecule has 0 bridgehead atoms. The van der Waals surface area contributed by atoms with Gasteiger partial charge in [0.1, 0.15) is 0 Å². The molecule has 5 heteroatoms. The van der Waals surface area contributed by atoms with Crippen molar-refractivity contribution in [3.8, 4) is 0 Å². The van der Waals surface area contributed by atoms with E-state index in [4.69, 9.17) is 0 Å². The van der Waals surface area contributed by atoms with Gasteiger partial charge >= 0.3 is 0 Å². The van der Waals surface area contributed by atoms with Crippen LogP contribution in [0.2, 0.25) is 0 Å². The smallest absolute Gasteiger partial charge is 0.261 e. The van der Waals surface area contributed by atoms with Gasteiger partial charge in [-0.2, -0.15) is 0 Å². The summed E-state index contributed by atoms with van der Waals surface area (Å²) in [5.41, 5.74) is 4.38. The van der Waals surface area contributed by atoms with Crippen LogP contribution in [0.3, 0.4) is 0 Å². The normalized spacial score (nSPS) is 15.3. The Hall–Kier alpha value is -1.85. The van der Waals surface area contributed by atoms with Crippen LogP contribution in [0.15, 0.2) is 47.4 Å². The first kappa shape index (κ1) is 18.9. The van der Waals surface area contributed by atoms with Crippen molar-refractivity contribution in [2.45, 2.75) is 43.9 Å². The third kappa shape index (κ3) is 4.65. The van der Waals surface area contributed by atoms with E-state index in [9.17, 15) is 8.42 Å². The highest BCUT2D eigenvalue weighted by Gasteiger charge is 2.16. The standard InChI is InChI=1S/C21H28N2O2S/c1-3-4-5-17-6-10-21(11-7-17)26(24,25)22-20-9-8-18-12-14-23(2)15-13-19(18)16-20/h6-11,16,22H,3-5,12-15H2,1-2H3. The molecule has 0 atom stereocenters. The highest BCUT2D eigenvalue weighted by Crippen LogP contribution is 2.23. The van der Waals surface area contributed by atoms with Gasteiger partial charge in [0.2, 0.25) is 0 Å². The van der Waals surface area contributed by atoms with Gasteiger partial charge in [-0.25, -0.2) is 8.42 Å². The third-order valence-electron chi connectivity index (χ3n) is 5.04. The van der Waals surface area contributed by atoms with Gasteiger partial charge in [-0.05, 0) is 73.7 Å². The van der Waals surface area contributed by atoms with E-state index in [2.05, 4.69) is 29.7 Å². The van der Waals surface area contributed by atoms with Crippen molar-refractivity contribution >= 4 is 15.7 Å². The van der Waals surface area contributed by atoms with Gasteiger partial charge in [0.05, 0.1) is 4.90 Å². The summed E-state index contributed by atoms with van der Waals surface area (Å²) >= 11 is 0. The SMILES string of the molecule is CCCCc1ccc(S(=O)(=O)Nc2ccc3c(c2)CCN(C)CC3)cc1. The Morgan fingerprint density at radius 1 is 1.00 bits per heavy atom. The van der Waals surface area contributed by atoms with Crippen LogP contribution in [0.25, 0.3) is 0 Å². The molecule has 3 rings (SSSR count). The summed E-state index contributed by atoms with van der Waals surface area (Å²) in [5, 5.41) is 0. The van der Waals surface area contributed by atoms with E-state index < -0.39 is 10.0 Å². The number of nitrogens with one attached hydrogen (secondary N) is 1. The quantitative estimate of drug-likeness (QED) is 0.838. The minimum absolute atomic E-state index is 0.312. The van der Waals surface area contributed by atoms with Gasteiger partial charge < -0.3 is 4.90 Å². The van der Waals surface area contributed by atoms with E-state index in [1.165, 1.54) is 16.7 Å². The Morgan fingerprint density at radius 2 is 1.69 bits per heavy atom. The number of likely N-dealkylation sites (N-methyl/N-ethyl adjacent to an activating group) is 1. The van der Waals surface area contributed by atoms with Crippen molar-refractivity contribution < 1.29 is 8.42 Å². The molecule has 1 heterocycles. The molecule has 0 aliphatic carbocycles. The molecule has 140 valence electrons. The van der Waals surface area contributed by atoms with Gasteiger partial charge in [-0.1, -0.05) is 31.5 Å². The van der Waals surface area contributed by atoms with Crippen LogP contribution >= 0.6 is 0 Å². The highest BCUT2D eigenvalue weighted by atomic mass is 32.2. The summed E-state index contributed by atoms with van der Waals surface area (Å²) in [7, 11) is -1.43. The van der Waals surface area contributed by atoms with Crippen molar-refractivity contribution in [3.63, 3.8) is 0 Å². The Balaban J connectivity index is 1.75. The van der Waals surface area contributed by atoms with Gasteiger partial charge in [0.15, 0.2) is 0 Å². The lowest BCUT2D eigenvalue weighted by Gasteiger charge is -2.12. The van der Waals surface area contributed by atoms with Gasteiger partial charge in [0.25, 0.3) is 10.0 Å². The van der Waals surface area contributed by atoms with Crippen molar-refractivity contribution in [3.05, 3.63) is 59.2 Å². The molecule has 0 spiro atoms. The maximum absolute atomic E-state index is 12.7. The predicted molar refractivity (Wildman–Crippen MR) is 107 cm³/mol. The lowest BCUT2D eigenvalue weighted by Crippen LogP contribution is -2.20. The lowest BCUT2D eigenvalue weighted by molar-refractivity contribution is 0.352. The second kappa shape index (κ2) is 8.23. The number of anilines is 1. The summed E-state index contributed by atoms with van der Waals surface area (Å²) in [6, 6.07) is 13.1. The van der Waals surface area contributed by atoms with Crippen molar-refractivity contribution in [2.75, 3.05) is 24.9 Å². The number of benzene rings is 2. The number of rotatable bonds is 6. The second-order valence-electron chi connectivity index (χ2n) is 7.14. The first-order valence-corrected chi connectivity index (χ1v) is 10.9. The number of fused-ring (bicyclic) bond motifs is 1. The number of sulfonamides is 1. The molecule has 0 saturated heterocycles. The molecule has 2 aromatic rings. The molecular weight excluding hydrogens is 344 g/mol. The fraction of sp³-hybridized carbons (Fsp3) is 0.429. The molecule has 0 saturated carbocycles. The number of unbranched alkanes of at least 4 members (excludes halogenated alkanes) is 1. The molecular formula is C21H28N2O2S. The summed E-state index contributed by atoms with van der Waals surface area (Å²) < 4.78 is 28.1. The molecule has 0 amide bonds. The van der Waals surface area contributed by atoms with E-state index in [-0.39, 0.29) is 0 Å². The molecule has 1 aliphatic rings. The fourth-order valence-electron chi connectivity index (χ4n) is 3.33. The maximum atomic E-state index is 12.7. The molecule has 0 fully saturated rings. The number of aryl methyl sites for hydroxylation is 1. The van der Waals surface area contributed by atoms with Crippen LogP contribution in [-0.2, 0) is 29.3 Å². The lowest BCUT2D eigenvalue weighted by atomic mass is 10.0. The predicted octanol–water partition coefficient (Wildman–Crippen LogP) is 3.86. The van der Waals surface area contributed by atoms with Crippen LogP contribution in [0.4, 0.5) is 5.69 Å². The highest BCUT2D eigenvalue weighted by molar-refractivity contribution is 7.92. The average molecular weight is 373 g/mol. The molecule has 0 unspecified atom stereocenters. The number of hydrogen-bond acceptors (Lipinski definition) is 3. The maximum Gasteiger partial charge on any atom is 0.261 e. The minimum Gasteiger partial charge on any atom is -0.306 e. The molecule has 4 nitrogen and oxygen atoms in total. The molecule has 0 radical (unpaired) electrons. The van der Waals surface area contributed by atoms with E-state index in [0.29, 0.717) is 10.6 Å². The largest absolute Gasteiger partial charge is 0.306 e. The summed E-state index contributed by atoms with van der Waals surface area (Å²) in [6.45, 7) is 4.20. The Labute approximate surface area is 157 Å². The Bertz CT molecular complexity index is 845. The number of nitrogens with zero attached hydrogens (tertiary/aromatic N) is 1. The van der Waals surface area contributed by atoms with Crippen LogP contribution in [-0.4, -0.2) is 33.5 Å². The zero-order chi connectivity index (χ0) is 18.6. The topological polar surface area (TPSA) is 49.4 Å². The minimum atomic E-state index is -3.56. The van der Waals surface area contributed by atoms with Crippen molar-refractivity contribution in [1.82, 2.24) is 4.90 Å². The van der Waals surface area contributed by atoms with Crippen LogP contribution in [0.1, 0.15) is 36.5 Å². The first-order chi connectivity index (χ1) is 12.5. The second-order valence-corrected chi connectivity index (χ2v) is 8.82. The van der Waals surface area contributed by atoms with E-state index in [1.807, 2.05) is 24.3 Å². The summed E-state index contributed by atoms with van der Waals surface area (Å²) in [5.74, 6) is 0. The molecule has 1 N–H and O–H groups in total. The fourth-order valence-corrected chi connectivity index (χ4v) is 4.38. The molecule has 0 aromatic heterocycles. The number of hydrogen-bond donors (Lipinski definition) is 1. The van der Waals surface area contributed by atoms with Crippen LogP contribution in [0, 0.1) is 0 Å². The summed E-state index contributed by atoms with van der Waals surface area (Å²) in [4.78, 5) is 2.62.